The van der Waals surface area contributed by atoms with Gasteiger partial charge >= 0.3 is 5.97 Å². The number of imide groups is 2. The Morgan fingerprint density at radius 3 is 2.60 bits per heavy atom. The minimum absolute atomic E-state index is 0.0259. The van der Waals surface area contributed by atoms with E-state index in [0.717, 1.165) is 11.0 Å². The zero-order chi connectivity index (χ0) is 18.1. The van der Waals surface area contributed by atoms with E-state index < -0.39 is 35.6 Å². The third-order valence-electron chi connectivity index (χ3n) is 3.90. The Kier molecular flexibility index (Phi) is 4.05. The summed E-state index contributed by atoms with van der Waals surface area (Å²) in [5.41, 5.74) is -0.0565. The number of carboxylic acids is 1. The fourth-order valence-electron chi connectivity index (χ4n) is 2.72. The lowest BCUT2D eigenvalue weighted by Crippen LogP contribution is -2.54. The van der Waals surface area contributed by atoms with Crippen LogP contribution in [0.25, 0.3) is 0 Å². The van der Waals surface area contributed by atoms with Crippen LogP contribution in [0.2, 0.25) is 0 Å². The number of para-hydroxylation sites is 1. The van der Waals surface area contributed by atoms with E-state index in [1.807, 2.05) is 0 Å². The van der Waals surface area contributed by atoms with Gasteiger partial charge in [-0.1, -0.05) is 12.1 Å². The molecule has 9 nitrogen and oxygen atoms in total. The Morgan fingerprint density at radius 1 is 1.20 bits per heavy atom. The molecule has 0 spiro atoms. The summed E-state index contributed by atoms with van der Waals surface area (Å²) in [6.45, 7) is 0. The minimum atomic E-state index is -1.19. The average molecular weight is 343 g/mol. The van der Waals surface area contributed by atoms with Crippen molar-refractivity contribution in [2.45, 2.75) is 18.9 Å². The number of nitrogens with one attached hydrogen (secondary N) is 2. The van der Waals surface area contributed by atoms with E-state index in [-0.39, 0.29) is 29.8 Å². The summed E-state index contributed by atoms with van der Waals surface area (Å²) in [6, 6.07) is 4.85. The average Bonchev–Trinajstić information content (AvgIpc) is 2.82. The summed E-state index contributed by atoms with van der Waals surface area (Å²) < 4.78 is 0. The molecule has 0 aromatic heterocycles. The van der Waals surface area contributed by atoms with Crippen LogP contribution in [0.3, 0.4) is 0 Å². The van der Waals surface area contributed by atoms with E-state index in [2.05, 4.69) is 10.6 Å². The fourth-order valence-corrected chi connectivity index (χ4v) is 2.72. The first-order valence-electron chi connectivity index (χ1n) is 7.40. The van der Waals surface area contributed by atoms with Crippen molar-refractivity contribution in [1.82, 2.24) is 10.2 Å². The first-order chi connectivity index (χ1) is 11.9. The molecule has 0 radical (unpaired) electrons. The monoisotopic (exact) mass is 343 g/mol. The van der Waals surface area contributed by atoms with Crippen molar-refractivity contribution in [3.8, 4) is 0 Å². The molecule has 0 aliphatic carbocycles. The highest BCUT2D eigenvalue weighted by atomic mass is 16.4. The number of hydrogen-bond acceptors (Lipinski definition) is 6. The lowest BCUT2D eigenvalue weighted by molar-refractivity contribution is -0.149. The first-order valence-corrected chi connectivity index (χ1v) is 7.40. The maximum atomic E-state index is 12.5. The van der Waals surface area contributed by atoms with Gasteiger partial charge in [-0.15, -0.1) is 0 Å². The molecular weight excluding hydrogens is 330 g/mol. The van der Waals surface area contributed by atoms with Crippen molar-refractivity contribution < 1.29 is 29.1 Å². The van der Waals surface area contributed by atoms with Gasteiger partial charge in [0, 0.05) is 12.5 Å². The maximum Gasteiger partial charge on any atom is 0.337 e. The zero-order valence-corrected chi connectivity index (χ0v) is 12.8. The summed E-state index contributed by atoms with van der Waals surface area (Å²) in [5.74, 6) is -3.81. The number of benzene rings is 1. The summed E-state index contributed by atoms with van der Waals surface area (Å²) >= 11 is 0. The number of hydrogen-bond donors (Lipinski definition) is 3. The highest BCUT2D eigenvalue weighted by molar-refractivity contribution is 6.20. The van der Waals surface area contributed by atoms with Gasteiger partial charge in [0.1, 0.15) is 11.7 Å². The number of anilines is 1. The molecule has 1 fully saturated rings. The Labute approximate surface area is 141 Å². The molecule has 1 aromatic carbocycles. The van der Waals surface area contributed by atoms with Crippen LogP contribution >= 0.6 is 0 Å². The standard InChI is InChI=1S/C16H13N3O6/c20-12-6-5-11(14(22)18-12)19-13(21)7-10(15(19)23)17-9-4-2-1-3-8(9)16(24)25/h1-4,7,11,17H,5-6H2,(H,24,25)(H,18,20,22). The van der Waals surface area contributed by atoms with E-state index in [9.17, 15) is 24.0 Å². The van der Waals surface area contributed by atoms with E-state index in [0.29, 0.717) is 0 Å². The predicted octanol–water partition coefficient (Wildman–Crippen LogP) is -0.145. The molecule has 4 amide bonds. The summed E-state index contributed by atoms with van der Waals surface area (Å²) in [7, 11) is 0. The minimum Gasteiger partial charge on any atom is -0.478 e. The second-order valence-electron chi connectivity index (χ2n) is 5.51. The van der Waals surface area contributed by atoms with Gasteiger partial charge in [-0.3, -0.25) is 29.4 Å². The molecule has 1 unspecified atom stereocenters. The molecular formula is C16H13N3O6. The number of amides is 4. The fraction of sp³-hybridized carbons (Fsp3) is 0.188. The number of aromatic carboxylic acids is 1. The summed E-state index contributed by atoms with van der Waals surface area (Å²) in [4.78, 5) is 59.7. The molecule has 2 aliphatic rings. The SMILES string of the molecule is O=C1CCC(N2C(=O)C=C(Nc3ccccc3C(=O)O)C2=O)C(=O)N1. The van der Waals surface area contributed by atoms with Crippen LogP contribution in [0, 0.1) is 0 Å². The van der Waals surface area contributed by atoms with Crippen LogP contribution in [-0.2, 0) is 19.2 Å². The highest BCUT2D eigenvalue weighted by Crippen LogP contribution is 2.24. The normalized spacial score (nSPS) is 20.4. The lowest BCUT2D eigenvalue weighted by Gasteiger charge is -2.28. The molecule has 1 saturated heterocycles. The van der Waals surface area contributed by atoms with Crippen molar-refractivity contribution in [3.05, 3.63) is 41.6 Å². The van der Waals surface area contributed by atoms with E-state index in [1.165, 1.54) is 18.2 Å². The molecule has 0 saturated carbocycles. The van der Waals surface area contributed by atoms with Gasteiger partial charge in [0.15, 0.2) is 0 Å². The molecule has 2 heterocycles. The van der Waals surface area contributed by atoms with Crippen LogP contribution in [0.15, 0.2) is 36.0 Å². The quantitative estimate of drug-likeness (QED) is 0.648. The van der Waals surface area contributed by atoms with Gasteiger partial charge in [-0.05, 0) is 18.6 Å². The largest absolute Gasteiger partial charge is 0.478 e. The molecule has 1 atom stereocenters. The maximum absolute atomic E-state index is 12.5. The molecule has 1 aromatic rings. The summed E-state index contributed by atoms with van der Waals surface area (Å²) in [5, 5.41) is 13.9. The molecule has 3 N–H and O–H groups in total. The van der Waals surface area contributed by atoms with E-state index >= 15 is 0 Å². The van der Waals surface area contributed by atoms with Crippen LogP contribution in [0.4, 0.5) is 5.69 Å². The van der Waals surface area contributed by atoms with Crippen molar-refractivity contribution in [2.75, 3.05) is 5.32 Å². The van der Waals surface area contributed by atoms with Crippen LogP contribution in [-0.4, -0.2) is 45.6 Å². The first kappa shape index (κ1) is 16.4. The summed E-state index contributed by atoms with van der Waals surface area (Å²) in [6.07, 6.45) is 1.08. The molecule has 3 rings (SSSR count). The topological polar surface area (TPSA) is 133 Å². The van der Waals surface area contributed by atoms with Gasteiger partial charge < -0.3 is 10.4 Å². The van der Waals surface area contributed by atoms with Gasteiger partial charge in [0.05, 0.1) is 11.3 Å². The number of carbonyl (C=O) groups is 5. The Balaban J connectivity index is 1.82. The van der Waals surface area contributed by atoms with Gasteiger partial charge in [-0.25, -0.2) is 4.79 Å². The van der Waals surface area contributed by atoms with E-state index in [1.54, 1.807) is 6.07 Å². The predicted molar refractivity (Wildman–Crippen MR) is 83.1 cm³/mol. The molecule has 9 heteroatoms. The highest BCUT2D eigenvalue weighted by Gasteiger charge is 2.42. The molecule has 25 heavy (non-hydrogen) atoms. The van der Waals surface area contributed by atoms with Crippen LogP contribution in [0.1, 0.15) is 23.2 Å². The van der Waals surface area contributed by atoms with Crippen LogP contribution < -0.4 is 10.6 Å². The number of carbonyl (C=O) groups excluding carboxylic acids is 4. The second-order valence-corrected chi connectivity index (χ2v) is 5.51. The Hall–Kier alpha value is -3.49. The number of carboxylic acid groups (broad SMARTS) is 1. The zero-order valence-electron chi connectivity index (χ0n) is 12.8. The van der Waals surface area contributed by atoms with Crippen molar-refractivity contribution in [2.24, 2.45) is 0 Å². The Morgan fingerprint density at radius 2 is 1.92 bits per heavy atom. The number of rotatable bonds is 4. The number of nitrogens with zero attached hydrogens (tertiary/aromatic N) is 1. The Bertz CT molecular complexity index is 844. The molecule has 2 aliphatic heterocycles. The van der Waals surface area contributed by atoms with Crippen LogP contribution in [0.5, 0.6) is 0 Å². The van der Waals surface area contributed by atoms with E-state index in [4.69, 9.17) is 5.11 Å². The number of piperidine rings is 1. The third-order valence-corrected chi connectivity index (χ3v) is 3.90. The van der Waals surface area contributed by atoms with Gasteiger partial charge in [0.25, 0.3) is 11.8 Å². The second kappa shape index (κ2) is 6.19. The van der Waals surface area contributed by atoms with Crippen molar-refractivity contribution in [3.63, 3.8) is 0 Å². The lowest BCUT2D eigenvalue weighted by atomic mass is 10.0. The van der Waals surface area contributed by atoms with Gasteiger partial charge in [0.2, 0.25) is 11.8 Å². The van der Waals surface area contributed by atoms with Crippen molar-refractivity contribution in [1.29, 1.82) is 0 Å². The third kappa shape index (κ3) is 2.99. The van der Waals surface area contributed by atoms with Crippen molar-refractivity contribution >= 4 is 35.3 Å². The molecule has 0 bridgehead atoms. The molecule has 128 valence electrons. The van der Waals surface area contributed by atoms with Gasteiger partial charge in [-0.2, -0.15) is 0 Å². The smallest absolute Gasteiger partial charge is 0.337 e.